The maximum absolute atomic E-state index is 14.3. The first-order chi connectivity index (χ1) is 33.5. The van der Waals surface area contributed by atoms with Crippen molar-refractivity contribution in [2.24, 2.45) is 17.3 Å². The lowest BCUT2D eigenvalue weighted by atomic mass is 9.85. The van der Waals surface area contributed by atoms with Crippen LogP contribution < -0.4 is 31.9 Å². The van der Waals surface area contributed by atoms with E-state index in [0.717, 1.165) is 35.4 Å². The number of likely N-dealkylation sites (N-methyl/N-ethyl adjacent to an activating group) is 2. The normalized spacial score (nSPS) is 17.0. The van der Waals surface area contributed by atoms with E-state index in [0.29, 0.717) is 17.6 Å². The quantitative estimate of drug-likeness (QED) is 0.0797. The first-order valence-corrected chi connectivity index (χ1v) is 24.0. The smallest absolute Gasteiger partial charge is 0.252 e. The maximum Gasteiger partial charge on any atom is 0.252 e. The third kappa shape index (κ3) is 14.6. The Morgan fingerprint density at radius 3 is 1.69 bits per heavy atom. The van der Waals surface area contributed by atoms with Crippen LogP contribution in [0.1, 0.15) is 99.8 Å². The fraction of sp³-hybridized carbons (Fsp3) is 0.472. The lowest BCUT2D eigenvalue weighted by Gasteiger charge is -2.36. The summed E-state index contributed by atoms with van der Waals surface area (Å²) in [5, 5.41) is 15.8. The van der Waals surface area contributed by atoms with Gasteiger partial charge >= 0.3 is 0 Å². The number of fused-ring (bicyclic) bond motifs is 1. The number of carbonyl (C=O) groups is 6. The summed E-state index contributed by atoms with van der Waals surface area (Å²) in [5.74, 6) is -6.92. The van der Waals surface area contributed by atoms with Crippen LogP contribution in [0.4, 0.5) is 28.9 Å². The topological polar surface area (TPSA) is 181 Å². The van der Waals surface area contributed by atoms with Crippen molar-refractivity contribution in [3.8, 4) is 0 Å². The number of hydrogen-bond donors (Lipinski definition) is 6. The van der Waals surface area contributed by atoms with Gasteiger partial charge in [0.2, 0.25) is 23.6 Å². The highest BCUT2D eigenvalue weighted by atomic mass is 19.1. The molecule has 71 heavy (non-hydrogen) atoms. The van der Waals surface area contributed by atoms with Gasteiger partial charge in [-0.05, 0) is 91.7 Å². The van der Waals surface area contributed by atoms with Gasteiger partial charge in [-0.25, -0.2) is 17.6 Å². The molecule has 0 fully saturated rings. The average molecular weight is 993 g/mol. The Balaban J connectivity index is 0.000000363. The number of rotatable bonds is 16. The molecule has 4 unspecified atom stereocenters. The predicted octanol–water partition coefficient (Wildman–Crippen LogP) is 7.54. The number of amides is 6. The number of nitrogens with one attached hydrogen (secondary N) is 6. The summed E-state index contributed by atoms with van der Waals surface area (Å²) in [6.07, 6.45) is 4.12. The molecule has 3 aromatic rings. The Kier molecular flexibility index (Phi) is 22.2. The van der Waals surface area contributed by atoms with E-state index in [9.17, 15) is 46.3 Å². The molecule has 2 aliphatic heterocycles. The number of carbonyl (C=O) groups excluding carboxylic acids is 6. The van der Waals surface area contributed by atoms with E-state index in [-0.39, 0.29) is 43.3 Å². The van der Waals surface area contributed by atoms with Gasteiger partial charge in [0.05, 0.1) is 12.6 Å². The number of allylic oxidation sites excluding steroid dienone is 1. The third-order valence-electron chi connectivity index (χ3n) is 12.2. The molecular weight excluding hydrogens is 921 g/mol. The molecular formula is C53H72F4N8O6. The maximum atomic E-state index is 14.3. The summed E-state index contributed by atoms with van der Waals surface area (Å²) >= 11 is 0. The van der Waals surface area contributed by atoms with Gasteiger partial charge < -0.3 is 41.7 Å². The first kappa shape index (κ1) is 58.9. The molecule has 6 atom stereocenters. The van der Waals surface area contributed by atoms with Crippen molar-refractivity contribution in [2.75, 3.05) is 37.8 Å². The van der Waals surface area contributed by atoms with Crippen LogP contribution in [0.15, 0.2) is 84.0 Å². The molecule has 0 spiro atoms. The molecule has 6 amide bonds. The molecule has 3 aromatic carbocycles. The van der Waals surface area contributed by atoms with Crippen LogP contribution >= 0.6 is 0 Å². The van der Waals surface area contributed by atoms with E-state index < -0.39 is 93.9 Å². The van der Waals surface area contributed by atoms with Crippen molar-refractivity contribution in [1.82, 2.24) is 31.1 Å². The van der Waals surface area contributed by atoms with Crippen LogP contribution in [-0.2, 0) is 35.3 Å². The molecule has 6 N–H and O–H groups in total. The van der Waals surface area contributed by atoms with Crippen LogP contribution in [0.25, 0.3) is 0 Å². The fourth-order valence-electron chi connectivity index (χ4n) is 8.04. The van der Waals surface area contributed by atoms with Crippen molar-refractivity contribution >= 4 is 46.8 Å². The molecule has 5 rings (SSSR count). The van der Waals surface area contributed by atoms with Gasteiger partial charge in [0.15, 0.2) is 0 Å². The average Bonchev–Trinajstić information content (AvgIpc) is 3.92. The minimum atomic E-state index is -1.12. The predicted molar refractivity (Wildman–Crippen MR) is 268 cm³/mol. The largest absolute Gasteiger partial charge is 0.343 e. The van der Waals surface area contributed by atoms with Crippen LogP contribution in [0, 0.1) is 40.5 Å². The molecule has 0 aliphatic carbocycles. The second-order valence-corrected chi connectivity index (χ2v) is 18.5. The van der Waals surface area contributed by atoms with Crippen LogP contribution in [0.3, 0.4) is 0 Å². The first-order valence-electron chi connectivity index (χ1n) is 24.0. The summed E-state index contributed by atoms with van der Waals surface area (Å²) in [6, 6.07) is 9.08. The van der Waals surface area contributed by atoms with Gasteiger partial charge in [0, 0.05) is 13.1 Å². The van der Waals surface area contributed by atoms with Crippen molar-refractivity contribution in [2.45, 2.75) is 119 Å². The van der Waals surface area contributed by atoms with Crippen molar-refractivity contribution in [3.63, 3.8) is 0 Å². The molecule has 0 saturated heterocycles. The van der Waals surface area contributed by atoms with Gasteiger partial charge in [-0.3, -0.25) is 28.8 Å². The summed E-state index contributed by atoms with van der Waals surface area (Å²) < 4.78 is 57.0. The van der Waals surface area contributed by atoms with Crippen molar-refractivity contribution < 1.29 is 46.3 Å². The lowest BCUT2D eigenvalue weighted by Crippen LogP contribution is -2.58. The van der Waals surface area contributed by atoms with E-state index in [1.54, 1.807) is 64.4 Å². The lowest BCUT2D eigenvalue weighted by molar-refractivity contribution is -0.143. The molecule has 18 heteroatoms. The summed E-state index contributed by atoms with van der Waals surface area (Å²) in [4.78, 5) is 82.0. The van der Waals surface area contributed by atoms with E-state index in [1.165, 1.54) is 21.9 Å². The van der Waals surface area contributed by atoms with Crippen LogP contribution in [0.2, 0.25) is 0 Å². The standard InChI is InChI=1S/C26H36F2N4O3.C25H30F2N4O3.C2H6/c1-8-10-16-17(15(2)3)14-32(25(35)23(26(4,5)6)30-20(33)13-29-7)22(16)24(34)31-21-18(27)11-9-12-19(21)28;1-5-14(2)20(29-23(32)15(3)28-4)25(34)31-13-16-9-6-7-10-17(16)22(31)24(33)30-21-18(26)11-8-12-19(21)27;1-2/h8-12,15,22-23,29H,13-14H2,1-7H3,(H,30,33)(H,31,34);6-12,14-15,20,22,28H,5,13H2,1-4H3,(H,29,32)(H,30,33);1-2H3/b10-8-;;/t;14-,15-,20?,22?;/m.0./s1. The van der Waals surface area contributed by atoms with Crippen LogP contribution in [-0.4, -0.2) is 96.6 Å². The second-order valence-electron chi connectivity index (χ2n) is 18.5. The molecule has 0 radical (unpaired) electrons. The highest BCUT2D eigenvalue weighted by Gasteiger charge is 2.46. The number of nitrogens with zero attached hydrogens (tertiary/aromatic N) is 2. The van der Waals surface area contributed by atoms with Gasteiger partial charge in [0.25, 0.3) is 11.8 Å². The second kappa shape index (κ2) is 26.7. The van der Waals surface area contributed by atoms with Gasteiger partial charge in [0.1, 0.15) is 58.8 Å². The van der Waals surface area contributed by atoms with Crippen molar-refractivity contribution in [3.05, 3.63) is 118 Å². The molecule has 0 bridgehead atoms. The number of benzene rings is 3. The zero-order valence-electron chi connectivity index (χ0n) is 43.2. The van der Waals surface area contributed by atoms with E-state index in [4.69, 9.17) is 0 Å². The zero-order chi connectivity index (χ0) is 53.5. The number of halogens is 4. The van der Waals surface area contributed by atoms with Gasteiger partial charge in [-0.15, -0.1) is 0 Å². The molecule has 2 aliphatic rings. The summed E-state index contributed by atoms with van der Waals surface area (Å²) in [6.45, 7) is 20.9. The van der Waals surface area contributed by atoms with Gasteiger partial charge in [-0.1, -0.05) is 117 Å². The minimum Gasteiger partial charge on any atom is -0.343 e. The molecule has 0 saturated carbocycles. The monoisotopic (exact) mass is 993 g/mol. The zero-order valence-corrected chi connectivity index (χ0v) is 43.2. The Labute approximate surface area is 415 Å². The molecule has 388 valence electrons. The highest BCUT2D eigenvalue weighted by molar-refractivity contribution is 6.03. The van der Waals surface area contributed by atoms with Gasteiger partial charge in [-0.2, -0.15) is 0 Å². The molecule has 14 nitrogen and oxygen atoms in total. The Morgan fingerprint density at radius 1 is 0.718 bits per heavy atom. The van der Waals surface area contributed by atoms with E-state index >= 15 is 0 Å². The van der Waals surface area contributed by atoms with Crippen LogP contribution in [0.5, 0.6) is 0 Å². The summed E-state index contributed by atoms with van der Waals surface area (Å²) in [7, 11) is 3.27. The number of hydrogen-bond acceptors (Lipinski definition) is 8. The van der Waals surface area contributed by atoms with E-state index in [1.807, 2.05) is 62.3 Å². The number of para-hydroxylation sites is 2. The Morgan fingerprint density at radius 2 is 1.23 bits per heavy atom. The van der Waals surface area contributed by atoms with Crippen molar-refractivity contribution in [1.29, 1.82) is 0 Å². The molecule has 0 aromatic heterocycles. The van der Waals surface area contributed by atoms with E-state index in [2.05, 4.69) is 31.9 Å². The molecule has 2 heterocycles. The third-order valence-corrected chi connectivity index (χ3v) is 12.2. The SMILES string of the molecule is C/C=C\C1=C(C(C)C)CN(C(=O)C(NC(=O)CNC)C(C)(C)C)C1C(=O)Nc1c(F)cccc1F.CC.CC[C@H](C)C(NC(=O)[C@H](C)NC)C(=O)N1Cc2ccccc2C1C(=O)Nc1c(F)cccc1F. The number of anilines is 2. The highest BCUT2D eigenvalue weighted by Crippen LogP contribution is 2.37. The Hall–Kier alpha value is -6.40. The minimum absolute atomic E-state index is 0.00599. The fourth-order valence-corrected chi connectivity index (χ4v) is 8.04. The Bertz CT molecular complexity index is 2400. The summed E-state index contributed by atoms with van der Waals surface area (Å²) in [5.41, 5.74) is 0.974.